The Bertz CT molecular complexity index is 734. The molecule has 1 N–H and O–H groups in total. The lowest BCUT2D eigenvalue weighted by Crippen LogP contribution is -2.28. The van der Waals surface area contributed by atoms with Gasteiger partial charge in [0.05, 0.1) is 16.8 Å². The molecule has 134 valence electrons. The second kappa shape index (κ2) is 8.32. The Morgan fingerprint density at radius 1 is 1.28 bits per heavy atom. The summed E-state index contributed by atoms with van der Waals surface area (Å²) in [5.74, 6) is 0.0773. The highest BCUT2D eigenvalue weighted by Crippen LogP contribution is 2.22. The van der Waals surface area contributed by atoms with E-state index in [1.807, 2.05) is 13.8 Å². The highest BCUT2D eigenvalue weighted by atomic mass is 16.5. The van der Waals surface area contributed by atoms with Crippen molar-refractivity contribution in [1.82, 2.24) is 10.1 Å². The number of amides is 1. The van der Waals surface area contributed by atoms with E-state index in [1.165, 1.54) is 4.90 Å². The van der Waals surface area contributed by atoms with E-state index >= 15 is 0 Å². The van der Waals surface area contributed by atoms with Gasteiger partial charge in [0.1, 0.15) is 18.1 Å². The van der Waals surface area contributed by atoms with Crippen LogP contribution >= 0.6 is 0 Å². The van der Waals surface area contributed by atoms with E-state index < -0.39 is 5.97 Å². The fourth-order valence-corrected chi connectivity index (χ4v) is 2.40. The molecule has 0 saturated heterocycles. The minimum Gasteiger partial charge on any atom is -0.488 e. The molecule has 0 radical (unpaired) electrons. The normalized spacial score (nSPS) is 10.5. The molecule has 1 amide bonds. The summed E-state index contributed by atoms with van der Waals surface area (Å²) in [6, 6.07) is 6.99. The van der Waals surface area contributed by atoms with Crippen LogP contribution in [0, 0.1) is 13.8 Å². The molecule has 2 rings (SSSR count). The van der Waals surface area contributed by atoms with Crippen LogP contribution in [-0.2, 0) is 11.4 Å². The van der Waals surface area contributed by atoms with Crippen LogP contribution < -0.4 is 4.74 Å². The van der Waals surface area contributed by atoms with Gasteiger partial charge < -0.3 is 19.3 Å². The topological polar surface area (TPSA) is 92.9 Å². The van der Waals surface area contributed by atoms with Crippen molar-refractivity contribution >= 4 is 11.9 Å². The Hall–Kier alpha value is -2.83. The zero-order valence-electron chi connectivity index (χ0n) is 14.6. The Labute approximate surface area is 146 Å². The van der Waals surface area contributed by atoms with Crippen molar-refractivity contribution < 1.29 is 24.0 Å². The standard InChI is InChI=1S/C18H22N2O5/c1-12-15(13(2)25-19-12)11-24-16-8-5-4-7-14(16)18(23)20(3)10-6-9-17(21)22/h4-5,7-8H,6,9-11H2,1-3H3,(H,21,22). The van der Waals surface area contributed by atoms with Crippen molar-refractivity contribution in [3.63, 3.8) is 0 Å². The highest BCUT2D eigenvalue weighted by Gasteiger charge is 2.18. The van der Waals surface area contributed by atoms with Crippen LogP contribution in [0.4, 0.5) is 0 Å². The number of hydrogen-bond donors (Lipinski definition) is 1. The Morgan fingerprint density at radius 3 is 2.64 bits per heavy atom. The summed E-state index contributed by atoms with van der Waals surface area (Å²) < 4.78 is 10.9. The van der Waals surface area contributed by atoms with E-state index in [2.05, 4.69) is 5.16 Å². The van der Waals surface area contributed by atoms with Gasteiger partial charge in [-0.15, -0.1) is 0 Å². The Kier molecular flexibility index (Phi) is 6.16. The molecule has 25 heavy (non-hydrogen) atoms. The van der Waals surface area contributed by atoms with Crippen molar-refractivity contribution in [3.8, 4) is 5.75 Å². The van der Waals surface area contributed by atoms with Gasteiger partial charge in [-0.25, -0.2) is 0 Å². The number of nitrogens with zero attached hydrogens (tertiary/aromatic N) is 2. The molecule has 0 fully saturated rings. The summed E-state index contributed by atoms with van der Waals surface area (Å²) in [7, 11) is 1.65. The summed E-state index contributed by atoms with van der Waals surface area (Å²) in [4.78, 5) is 24.7. The maximum absolute atomic E-state index is 12.6. The van der Waals surface area contributed by atoms with Gasteiger partial charge in [-0.1, -0.05) is 17.3 Å². The number of carbonyl (C=O) groups is 2. The molecular weight excluding hydrogens is 324 g/mol. The zero-order valence-corrected chi connectivity index (χ0v) is 14.6. The SMILES string of the molecule is Cc1noc(C)c1COc1ccccc1C(=O)N(C)CCCC(=O)O. The van der Waals surface area contributed by atoms with Crippen LogP contribution in [0.5, 0.6) is 5.75 Å². The largest absolute Gasteiger partial charge is 0.488 e. The molecule has 1 heterocycles. The van der Waals surface area contributed by atoms with E-state index in [0.29, 0.717) is 30.0 Å². The average molecular weight is 346 g/mol. The number of carboxylic acids is 1. The number of carbonyl (C=O) groups excluding carboxylic acids is 1. The summed E-state index contributed by atoms with van der Waals surface area (Å²) in [5, 5.41) is 12.6. The van der Waals surface area contributed by atoms with Gasteiger partial charge in [0.2, 0.25) is 0 Å². The first kappa shape index (κ1) is 18.5. The number of aromatic nitrogens is 1. The smallest absolute Gasteiger partial charge is 0.303 e. The molecule has 7 heteroatoms. The average Bonchev–Trinajstić information content (AvgIpc) is 2.90. The molecule has 2 aromatic rings. The number of carboxylic acid groups (broad SMARTS) is 1. The predicted molar refractivity (Wildman–Crippen MR) is 90.6 cm³/mol. The number of aryl methyl sites for hydroxylation is 2. The summed E-state index contributed by atoms with van der Waals surface area (Å²) in [6.45, 7) is 4.27. The van der Waals surface area contributed by atoms with Gasteiger partial charge in [0, 0.05) is 20.0 Å². The first-order valence-electron chi connectivity index (χ1n) is 8.01. The molecule has 0 spiro atoms. The van der Waals surface area contributed by atoms with E-state index in [-0.39, 0.29) is 18.9 Å². The van der Waals surface area contributed by atoms with E-state index in [1.54, 1.807) is 31.3 Å². The molecular formula is C18H22N2O5. The lowest BCUT2D eigenvalue weighted by molar-refractivity contribution is -0.137. The van der Waals surface area contributed by atoms with Gasteiger partial charge in [0.15, 0.2) is 0 Å². The third-order valence-electron chi connectivity index (χ3n) is 3.90. The van der Waals surface area contributed by atoms with Crippen LogP contribution in [0.2, 0.25) is 0 Å². The fraction of sp³-hybridized carbons (Fsp3) is 0.389. The van der Waals surface area contributed by atoms with Crippen LogP contribution in [0.3, 0.4) is 0 Å². The first-order chi connectivity index (χ1) is 11.9. The molecule has 0 saturated carbocycles. The number of aliphatic carboxylic acids is 1. The zero-order chi connectivity index (χ0) is 18.4. The van der Waals surface area contributed by atoms with Gasteiger partial charge in [-0.2, -0.15) is 0 Å². The highest BCUT2D eigenvalue weighted by molar-refractivity contribution is 5.96. The number of ether oxygens (including phenoxy) is 1. The monoisotopic (exact) mass is 346 g/mol. The summed E-state index contributed by atoms with van der Waals surface area (Å²) in [5.41, 5.74) is 2.05. The van der Waals surface area contributed by atoms with E-state index in [4.69, 9.17) is 14.4 Å². The lowest BCUT2D eigenvalue weighted by Gasteiger charge is -2.19. The maximum atomic E-state index is 12.6. The number of benzene rings is 1. The molecule has 0 aliphatic carbocycles. The van der Waals surface area contributed by atoms with Gasteiger partial charge in [0.25, 0.3) is 5.91 Å². The van der Waals surface area contributed by atoms with E-state index in [0.717, 1.165) is 11.3 Å². The molecule has 1 aromatic carbocycles. The first-order valence-corrected chi connectivity index (χ1v) is 8.01. The molecule has 0 unspecified atom stereocenters. The van der Waals surface area contributed by atoms with Crippen molar-refractivity contribution in [2.75, 3.05) is 13.6 Å². The third kappa shape index (κ3) is 4.82. The Morgan fingerprint density at radius 2 is 2.00 bits per heavy atom. The van der Waals surface area contributed by atoms with Gasteiger partial charge in [-0.05, 0) is 32.4 Å². The van der Waals surface area contributed by atoms with Gasteiger partial charge >= 0.3 is 5.97 Å². The molecule has 0 atom stereocenters. The fourth-order valence-electron chi connectivity index (χ4n) is 2.40. The number of rotatable bonds is 8. The quantitative estimate of drug-likeness (QED) is 0.790. The summed E-state index contributed by atoms with van der Waals surface area (Å²) >= 11 is 0. The molecule has 0 aliphatic heterocycles. The third-order valence-corrected chi connectivity index (χ3v) is 3.90. The second-order valence-electron chi connectivity index (χ2n) is 5.81. The summed E-state index contributed by atoms with van der Waals surface area (Å²) in [6.07, 6.45) is 0.432. The molecule has 0 bridgehead atoms. The number of para-hydroxylation sites is 1. The maximum Gasteiger partial charge on any atom is 0.303 e. The van der Waals surface area contributed by atoms with Crippen LogP contribution in [0.1, 0.15) is 40.2 Å². The van der Waals surface area contributed by atoms with Crippen LogP contribution in [0.15, 0.2) is 28.8 Å². The molecule has 1 aromatic heterocycles. The van der Waals surface area contributed by atoms with Gasteiger partial charge in [-0.3, -0.25) is 9.59 Å². The van der Waals surface area contributed by atoms with Crippen molar-refractivity contribution in [2.45, 2.75) is 33.3 Å². The second-order valence-corrected chi connectivity index (χ2v) is 5.81. The molecule has 0 aliphatic rings. The number of hydrogen-bond acceptors (Lipinski definition) is 5. The van der Waals surface area contributed by atoms with Crippen molar-refractivity contribution in [2.24, 2.45) is 0 Å². The van der Waals surface area contributed by atoms with Crippen molar-refractivity contribution in [3.05, 3.63) is 46.8 Å². The van der Waals surface area contributed by atoms with Crippen LogP contribution in [0.25, 0.3) is 0 Å². The lowest BCUT2D eigenvalue weighted by atomic mass is 10.1. The molecule has 7 nitrogen and oxygen atoms in total. The minimum atomic E-state index is -0.871. The predicted octanol–water partition coefficient (Wildman–Crippen LogP) is 2.81. The Balaban J connectivity index is 2.06. The van der Waals surface area contributed by atoms with E-state index in [9.17, 15) is 9.59 Å². The minimum absolute atomic E-state index is 0.0296. The van der Waals surface area contributed by atoms with Crippen LogP contribution in [-0.4, -0.2) is 40.6 Å². The van der Waals surface area contributed by atoms with Crippen molar-refractivity contribution in [1.29, 1.82) is 0 Å².